The molecule has 2 rings (SSSR count). The molecule has 6 heteroatoms. The Labute approximate surface area is 87.8 Å². The van der Waals surface area contributed by atoms with Crippen molar-refractivity contribution in [3.05, 3.63) is 0 Å². The van der Waals surface area contributed by atoms with Gasteiger partial charge in [-0.25, -0.2) is 0 Å². The fourth-order valence-corrected chi connectivity index (χ4v) is 2.04. The van der Waals surface area contributed by atoms with E-state index in [1.54, 1.807) is 0 Å². The van der Waals surface area contributed by atoms with Gasteiger partial charge in [-0.3, -0.25) is 10.1 Å². The molecular weight excluding hydrogens is 194 g/mol. The molecule has 0 aromatic carbocycles. The molecule has 6 nitrogen and oxygen atoms in total. The predicted octanol–water partition coefficient (Wildman–Crippen LogP) is 1.11. The van der Waals surface area contributed by atoms with E-state index in [1.165, 1.54) is 32.1 Å². The molecule has 1 amide bonds. The zero-order chi connectivity index (χ0) is 10.5. The number of anilines is 1. The van der Waals surface area contributed by atoms with Crippen molar-refractivity contribution in [3.8, 4) is 0 Å². The standard InChI is InChI=1S/C9H15N5O/c15-8(10-9-11-13-14-12-9)6-7-4-2-1-3-5-7/h7H,1-6H2,(H2,10,11,12,13,14,15). The lowest BCUT2D eigenvalue weighted by Crippen LogP contribution is -2.18. The van der Waals surface area contributed by atoms with Crippen LogP contribution in [0.5, 0.6) is 0 Å². The molecule has 15 heavy (non-hydrogen) atoms. The molecule has 0 radical (unpaired) electrons. The number of aromatic nitrogens is 4. The molecule has 1 saturated carbocycles. The maximum absolute atomic E-state index is 11.5. The van der Waals surface area contributed by atoms with E-state index < -0.39 is 0 Å². The number of nitrogens with zero attached hydrogens (tertiary/aromatic N) is 3. The lowest BCUT2D eigenvalue weighted by Gasteiger charge is -2.20. The third kappa shape index (κ3) is 3.00. The van der Waals surface area contributed by atoms with Gasteiger partial charge in [-0.15, -0.1) is 5.10 Å². The summed E-state index contributed by atoms with van der Waals surface area (Å²) in [6.45, 7) is 0. The summed E-state index contributed by atoms with van der Waals surface area (Å²) in [4.78, 5) is 11.5. The van der Waals surface area contributed by atoms with Gasteiger partial charge in [-0.2, -0.15) is 5.21 Å². The Hall–Kier alpha value is -1.46. The zero-order valence-electron chi connectivity index (χ0n) is 8.57. The van der Waals surface area contributed by atoms with E-state index in [1.807, 2.05) is 0 Å². The van der Waals surface area contributed by atoms with Crippen molar-refractivity contribution < 1.29 is 4.79 Å². The Morgan fingerprint density at radius 3 is 2.87 bits per heavy atom. The van der Waals surface area contributed by atoms with E-state index in [4.69, 9.17) is 0 Å². The van der Waals surface area contributed by atoms with Gasteiger partial charge in [0.15, 0.2) is 0 Å². The van der Waals surface area contributed by atoms with Crippen LogP contribution >= 0.6 is 0 Å². The highest BCUT2D eigenvalue weighted by Gasteiger charge is 2.17. The molecular formula is C9H15N5O. The first-order valence-corrected chi connectivity index (χ1v) is 5.38. The van der Waals surface area contributed by atoms with Gasteiger partial charge in [0.25, 0.3) is 5.95 Å². The smallest absolute Gasteiger partial charge is 0.269 e. The van der Waals surface area contributed by atoms with Gasteiger partial charge >= 0.3 is 0 Å². The van der Waals surface area contributed by atoms with Crippen LogP contribution in [0.15, 0.2) is 0 Å². The van der Waals surface area contributed by atoms with Gasteiger partial charge in [0.05, 0.1) is 0 Å². The maximum atomic E-state index is 11.5. The average molecular weight is 209 g/mol. The molecule has 0 atom stereocenters. The topological polar surface area (TPSA) is 83.6 Å². The second-order valence-electron chi connectivity index (χ2n) is 3.99. The lowest BCUT2D eigenvalue weighted by atomic mass is 9.87. The van der Waals surface area contributed by atoms with Crippen molar-refractivity contribution in [2.24, 2.45) is 5.92 Å². The highest BCUT2D eigenvalue weighted by atomic mass is 16.1. The summed E-state index contributed by atoms with van der Waals surface area (Å²) in [6.07, 6.45) is 6.72. The van der Waals surface area contributed by atoms with Crippen molar-refractivity contribution in [1.29, 1.82) is 0 Å². The van der Waals surface area contributed by atoms with Crippen LogP contribution in [0, 0.1) is 5.92 Å². The van der Waals surface area contributed by atoms with Gasteiger partial charge in [-0.1, -0.05) is 24.4 Å². The number of hydrogen-bond acceptors (Lipinski definition) is 4. The van der Waals surface area contributed by atoms with Crippen molar-refractivity contribution >= 4 is 11.9 Å². The Morgan fingerprint density at radius 2 is 2.20 bits per heavy atom. The fourth-order valence-electron chi connectivity index (χ4n) is 2.04. The summed E-state index contributed by atoms with van der Waals surface area (Å²) >= 11 is 0. The summed E-state index contributed by atoms with van der Waals surface area (Å²) in [6, 6.07) is 0. The van der Waals surface area contributed by atoms with Crippen LogP contribution in [0.2, 0.25) is 0 Å². The fraction of sp³-hybridized carbons (Fsp3) is 0.778. The third-order valence-electron chi connectivity index (χ3n) is 2.80. The molecule has 1 heterocycles. The minimum atomic E-state index is -0.0108. The minimum absolute atomic E-state index is 0.0108. The molecule has 1 aromatic heterocycles. The molecule has 1 aliphatic carbocycles. The molecule has 2 N–H and O–H groups in total. The summed E-state index contributed by atoms with van der Waals surface area (Å²) < 4.78 is 0. The van der Waals surface area contributed by atoms with Crippen molar-refractivity contribution in [3.63, 3.8) is 0 Å². The Bertz CT molecular complexity index is 304. The zero-order valence-corrected chi connectivity index (χ0v) is 8.57. The summed E-state index contributed by atoms with van der Waals surface area (Å²) in [5.41, 5.74) is 0. The molecule has 0 unspecified atom stereocenters. The highest BCUT2D eigenvalue weighted by Crippen LogP contribution is 2.26. The Morgan fingerprint density at radius 1 is 1.40 bits per heavy atom. The Balaban J connectivity index is 1.76. The first-order chi connectivity index (χ1) is 7.34. The summed E-state index contributed by atoms with van der Waals surface area (Å²) in [7, 11) is 0. The maximum Gasteiger partial charge on any atom is 0.269 e. The first kappa shape index (κ1) is 10.1. The van der Waals surface area contributed by atoms with Gasteiger partial charge in [0.2, 0.25) is 5.91 Å². The number of tetrazole rings is 1. The van der Waals surface area contributed by atoms with Gasteiger partial charge in [0.1, 0.15) is 0 Å². The molecule has 0 saturated heterocycles. The molecule has 1 aromatic rings. The lowest BCUT2D eigenvalue weighted by molar-refractivity contribution is -0.117. The van der Waals surface area contributed by atoms with E-state index in [0.717, 1.165) is 0 Å². The molecule has 0 bridgehead atoms. The largest absolute Gasteiger partial charge is 0.292 e. The van der Waals surface area contributed by atoms with Crippen LogP contribution in [0.3, 0.4) is 0 Å². The Kier molecular flexibility index (Phi) is 3.26. The number of nitrogens with one attached hydrogen (secondary N) is 2. The number of carbonyl (C=O) groups is 1. The molecule has 0 spiro atoms. The SMILES string of the molecule is O=C(CC1CCCCC1)Nc1nn[nH]n1. The van der Waals surface area contributed by atoms with Gasteiger partial charge in [-0.05, 0) is 24.0 Å². The van der Waals surface area contributed by atoms with E-state index in [9.17, 15) is 4.79 Å². The summed E-state index contributed by atoms with van der Waals surface area (Å²) in [5, 5.41) is 15.6. The second-order valence-corrected chi connectivity index (χ2v) is 3.99. The van der Waals surface area contributed by atoms with Gasteiger partial charge < -0.3 is 0 Å². The van der Waals surface area contributed by atoms with E-state index >= 15 is 0 Å². The van der Waals surface area contributed by atoms with Gasteiger partial charge in [0, 0.05) is 6.42 Å². The molecule has 0 aliphatic heterocycles. The van der Waals surface area contributed by atoms with Crippen LogP contribution in [-0.4, -0.2) is 26.5 Å². The van der Waals surface area contributed by atoms with Crippen LogP contribution < -0.4 is 5.32 Å². The number of hydrogen-bond donors (Lipinski definition) is 2. The number of rotatable bonds is 3. The molecule has 82 valence electrons. The van der Waals surface area contributed by atoms with Crippen molar-refractivity contribution in [2.75, 3.05) is 5.32 Å². The number of aromatic amines is 1. The molecule has 1 fully saturated rings. The number of carbonyl (C=O) groups excluding carboxylic acids is 1. The van der Waals surface area contributed by atoms with E-state index in [2.05, 4.69) is 25.9 Å². The second kappa shape index (κ2) is 4.86. The highest BCUT2D eigenvalue weighted by molar-refractivity contribution is 5.88. The monoisotopic (exact) mass is 209 g/mol. The number of H-pyrrole nitrogens is 1. The van der Waals surface area contributed by atoms with Crippen LogP contribution in [0.1, 0.15) is 38.5 Å². The normalized spacial score (nSPS) is 17.6. The first-order valence-electron chi connectivity index (χ1n) is 5.38. The quantitative estimate of drug-likeness (QED) is 0.781. The minimum Gasteiger partial charge on any atom is -0.292 e. The van der Waals surface area contributed by atoms with E-state index in [-0.39, 0.29) is 11.9 Å². The van der Waals surface area contributed by atoms with Crippen molar-refractivity contribution in [2.45, 2.75) is 38.5 Å². The van der Waals surface area contributed by atoms with Crippen LogP contribution in [0.4, 0.5) is 5.95 Å². The molecule has 1 aliphatic rings. The predicted molar refractivity (Wildman–Crippen MR) is 54.0 cm³/mol. The van der Waals surface area contributed by atoms with Crippen molar-refractivity contribution in [1.82, 2.24) is 20.6 Å². The number of amides is 1. The van der Waals surface area contributed by atoms with Crippen LogP contribution in [0.25, 0.3) is 0 Å². The van der Waals surface area contributed by atoms with Crippen LogP contribution in [-0.2, 0) is 4.79 Å². The average Bonchev–Trinajstić information content (AvgIpc) is 2.71. The summed E-state index contributed by atoms with van der Waals surface area (Å²) in [5.74, 6) is 0.782. The third-order valence-corrected chi connectivity index (χ3v) is 2.80. The van der Waals surface area contributed by atoms with E-state index in [0.29, 0.717) is 12.3 Å².